The van der Waals surface area contributed by atoms with Crippen LogP contribution < -0.4 is 10.6 Å². The van der Waals surface area contributed by atoms with Crippen LogP contribution in [0.3, 0.4) is 0 Å². The van der Waals surface area contributed by atoms with E-state index in [4.69, 9.17) is 9.47 Å². The maximum absolute atomic E-state index is 15.0. The van der Waals surface area contributed by atoms with Gasteiger partial charge in [0.15, 0.2) is 0 Å². The molecule has 4 N–H and O–H groups in total. The zero-order chi connectivity index (χ0) is 41.7. The fourth-order valence-electron chi connectivity index (χ4n) is 8.21. The van der Waals surface area contributed by atoms with Crippen molar-refractivity contribution in [3.8, 4) is 33.8 Å². The van der Waals surface area contributed by atoms with Crippen LogP contribution in [0.5, 0.6) is 11.5 Å². The Morgan fingerprint density at radius 3 is 1.08 bits per heavy atom. The van der Waals surface area contributed by atoms with E-state index >= 15 is 0 Å². The molecule has 0 unspecified atom stereocenters. The van der Waals surface area contributed by atoms with Crippen molar-refractivity contribution in [1.82, 2.24) is 0 Å². The van der Waals surface area contributed by atoms with Gasteiger partial charge >= 0.3 is 24.5 Å². The molecule has 0 spiro atoms. The van der Waals surface area contributed by atoms with Gasteiger partial charge in [-0.05, 0) is 79.9 Å². The number of carbonyl (C=O) groups is 2. The number of phenolic OH excluding ortho intramolecular Hbond substituents is 2. The predicted molar refractivity (Wildman–Crippen MR) is 206 cm³/mol. The first kappa shape index (κ1) is 38.9. The van der Waals surface area contributed by atoms with E-state index in [1.807, 2.05) is 97.1 Å². The van der Waals surface area contributed by atoms with E-state index in [9.17, 15) is 46.1 Å². The van der Waals surface area contributed by atoms with Gasteiger partial charge in [-0.3, -0.25) is 10.6 Å². The summed E-state index contributed by atoms with van der Waals surface area (Å²) in [5, 5.41) is 25.9. The molecule has 2 aliphatic rings. The Morgan fingerprint density at radius 1 is 0.492 bits per heavy atom. The van der Waals surface area contributed by atoms with Crippen molar-refractivity contribution in [3.05, 3.63) is 167 Å². The Hall–Kier alpha value is -6.96. The molecule has 0 radical (unpaired) electrons. The fraction of sp³-hybridized carbons (Fsp3) is 0.156. The third-order valence-corrected chi connectivity index (χ3v) is 10.9. The lowest BCUT2D eigenvalue weighted by molar-refractivity contribution is -0.288. The van der Waals surface area contributed by atoms with E-state index in [0.29, 0.717) is 24.3 Å². The monoisotopic (exact) mass is 810 g/mol. The Labute approximate surface area is 332 Å². The molecule has 300 valence electrons. The van der Waals surface area contributed by atoms with E-state index in [1.165, 1.54) is 0 Å². The highest BCUT2D eigenvalue weighted by atomic mass is 19.4. The van der Waals surface area contributed by atoms with Crippen LogP contribution in [0.2, 0.25) is 0 Å². The lowest BCUT2D eigenvalue weighted by atomic mass is 9.72. The Morgan fingerprint density at radius 2 is 0.797 bits per heavy atom. The number of hydrogen-bond donors (Lipinski definition) is 4. The van der Waals surface area contributed by atoms with E-state index in [0.717, 1.165) is 44.5 Å². The van der Waals surface area contributed by atoms with E-state index in [2.05, 4.69) is 10.6 Å². The summed E-state index contributed by atoms with van der Waals surface area (Å²) in [4.78, 5) is 25.7. The SMILES string of the molecule is O=C(Nc1ccc(C(c2ccc(NC(=O)OCC3c4ccccc4-c4ccccc43)c(O)c2)(C(F)(F)F)C(F)(F)F)cc1O)OCC1c2ccccc2-c2ccccc21. The van der Waals surface area contributed by atoms with Crippen molar-refractivity contribution in [2.45, 2.75) is 29.6 Å². The van der Waals surface area contributed by atoms with Gasteiger partial charge < -0.3 is 19.7 Å². The molecule has 0 fully saturated rings. The van der Waals surface area contributed by atoms with Crippen LogP contribution in [0.1, 0.15) is 45.2 Å². The molecule has 8 rings (SSSR count). The minimum absolute atomic E-state index is 0.153. The van der Waals surface area contributed by atoms with E-state index in [1.54, 1.807) is 0 Å². The number of alkyl halides is 6. The topological polar surface area (TPSA) is 117 Å². The smallest absolute Gasteiger partial charge is 0.411 e. The summed E-state index contributed by atoms with van der Waals surface area (Å²) in [6.07, 6.45) is -14.4. The summed E-state index contributed by atoms with van der Waals surface area (Å²) in [6, 6.07) is 32.8. The molecule has 59 heavy (non-hydrogen) atoms. The Balaban J connectivity index is 0.996. The number of nitrogens with one attached hydrogen (secondary N) is 2. The highest BCUT2D eigenvalue weighted by Crippen LogP contribution is 2.57. The summed E-state index contributed by atoms with van der Waals surface area (Å²) in [6.45, 7) is -0.306. The van der Waals surface area contributed by atoms with Crippen LogP contribution in [0, 0.1) is 0 Å². The van der Waals surface area contributed by atoms with Crippen molar-refractivity contribution < 1.29 is 55.6 Å². The molecule has 2 aliphatic carbocycles. The van der Waals surface area contributed by atoms with Crippen LogP contribution in [0.15, 0.2) is 133 Å². The van der Waals surface area contributed by atoms with Crippen LogP contribution >= 0.6 is 0 Å². The molecular formula is C45H32F6N2O6. The lowest BCUT2D eigenvalue weighted by Gasteiger charge is -2.38. The summed E-state index contributed by atoms with van der Waals surface area (Å²) < 4.78 is 101. The maximum atomic E-state index is 15.0. The number of carbonyl (C=O) groups excluding carboxylic acids is 2. The van der Waals surface area contributed by atoms with E-state index < -0.39 is 64.0 Å². The molecule has 2 amide bonds. The summed E-state index contributed by atoms with van der Waals surface area (Å²) >= 11 is 0. The second-order valence-corrected chi connectivity index (χ2v) is 14.1. The number of ether oxygens (including phenoxy) is 2. The van der Waals surface area contributed by atoms with Crippen LogP contribution in [-0.4, -0.2) is 48.0 Å². The number of benzene rings is 6. The van der Waals surface area contributed by atoms with Crippen molar-refractivity contribution >= 4 is 23.6 Å². The molecule has 0 atom stereocenters. The average molecular weight is 811 g/mol. The molecule has 0 heterocycles. The Bertz CT molecular complexity index is 2340. The first-order valence-electron chi connectivity index (χ1n) is 18.2. The fourth-order valence-corrected chi connectivity index (χ4v) is 8.21. The normalized spacial score (nSPS) is 13.5. The van der Waals surface area contributed by atoms with Gasteiger partial charge in [0.2, 0.25) is 5.41 Å². The second-order valence-electron chi connectivity index (χ2n) is 14.1. The number of amides is 2. The maximum Gasteiger partial charge on any atom is 0.411 e. The highest BCUT2D eigenvalue weighted by molar-refractivity contribution is 5.88. The molecule has 8 nitrogen and oxygen atoms in total. The summed E-state index contributed by atoms with van der Waals surface area (Å²) in [5.41, 5.74) is -1.34. The zero-order valence-corrected chi connectivity index (χ0v) is 30.6. The quantitative estimate of drug-likeness (QED) is 0.0898. The van der Waals surface area contributed by atoms with Crippen LogP contribution in [0.4, 0.5) is 47.3 Å². The van der Waals surface area contributed by atoms with Crippen LogP contribution in [-0.2, 0) is 14.9 Å². The lowest BCUT2D eigenvalue weighted by Crippen LogP contribution is -2.54. The first-order valence-corrected chi connectivity index (χ1v) is 18.2. The molecule has 0 saturated heterocycles. The molecule has 14 heteroatoms. The van der Waals surface area contributed by atoms with Gasteiger partial charge in [-0.1, -0.05) is 109 Å². The number of halogens is 6. The molecule has 0 aromatic heterocycles. The van der Waals surface area contributed by atoms with Crippen molar-refractivity contribution in [3.63, 3.8) is 0 Å². The Kier molecular flexibility index (Phi) is 9.73. The largest absolute Gasteiger partial charge is 0.506 e. The summed E-state index contributed by atoms with van der Waals surface area (Å²) in [7, 11) is 0. The number of aromatic hydroxyl groups is 2. The minimum atomic E-state index is -6.09. The van der Waals surface area contributed by atoms with Crippen molar-refractivity contribution in [2.75, 3.05) is 23.8 Å². The van der Waals surface area contributed by atoms with Gasteiger partial charge in [-0.15, -0.1) is 0 Å². The molecule has 6 aromatic carbocycles. The molecular weight excluding hydrogens is 778 g/mol. The predicted octanol–water partition coefficient (Wildman–Crippen LogP) is 11.2. The minimum Gasteiger partial charge on any atom is -0.506 e. The average Bonchev–Trinajstić information content (AvgIpc) is 3.69. The molecule has 0 saturated carbocycles. The number of fused-ring (bicyclic) bond motifs is 6. The molecule has 0 bridgehead atoms. The number of phenols is 2. The highest BCUT2D eigenvalue weighted by Gasteiger charge is 2.72. The van der Waals surface area contributed by atoms with Crippen molar-refractivity contribution in [1.29, 1.82) is 0 Å². The third-order valence-electron chi connectivity index (χ3n) is 10.9. The van der Waals surface area contributed by atoms with Gasteiger partial charge in [0, 0.05) is 11.8 Å². The van der Waals surface area contributed by atoms with E-state index in [-0.39, 0.29) is 37.2 Å². The van der Waals surface area contributed by atoms with Gasteiger partial charge in [0.05, 0.1) is 11.4 Å². The number of hydrogen-bond acceptors (Lipinski definition) is 6. The van der Waals surface area contributed by atoms with Gasteiger partial charge in [-0.25, -0.2) is 9.59 Å². The summed E-state index contributed by atoms with van der Waals surface area (Å²) in [5.74, 6) is -2.93. The van der Waals surface area contributed by atoms with Gasteiger partial charge in [-0.2, -0.15) is 26.3 Å². The second kappa shape index (κ2) is 14.8. The third kappa shape index (κ3) is 6.73. The zero-order valence-electron chi connectivity index (χ0n) is 30.6. The molecule has 6 aromatic rings. The van der Waals surface area contributed by atoms with Gasteiger partial charge in [0.25, 0.3) is 0 Å². The standard InChI is InChI=1S/C45H32F6N2O6/c46-44(47,48)43(45(49,50)51,25-17-19-37(39(54)21-25)52-41(56)58-23-35-31-13-5-1-9-27(31)28-10-2-6-14-32(28)35)26-18-20-38(40(55)22-26)53-42(57)59-24-36-33-15-7-3-11-29(33)30-12-4-8-16-34(30)36/h1-22,35-36,54-55H,23-24H2,(H,52,56)(H,53,57). The number of rotatable bonds is 8. The van der Waals surface area contributed by atoms with Crippen LogP contribution in [0.25, 0.3) is 22.3 Å². The van der Waals surface area contributed by atoms with Gasteiger partial charge in [0.1, 0.15) is 24.7 Å². The molecule has 0 aliphatic heterocycles. The van der Waals surface area contributed by atoms with Crippen molar-refractivity contribution in [2.24, 2.45) is 0 Å². The number of anilines is 2. The first-order chi connectivity index (χ1) is 28.2.